The van der Waals surface area contributed by atoms with E-state index in [1.807, 2.05) is 12.1 Å². The summed E-state index contributed by atoms with van der Waals surface area (Å²) >= 11 is 0. The fraction of sp³-hybridized carbons (Fsp3) is 0.167. The van der Waals surface area contributed by atoms with E-state index in [4.69, 9.17) is 10.3 Å². The predicted molar refractivity (Wildman–Crippen MR) is 84.8 cm³/mol. The molecule has 0 bridgehead atoms. The van der Waals surface area contributed by atoms with Gasteiger partial charge < -0.3 is 10.3 Å². The SMILES string of the molecule is CC(=O)OC(c1ccccc1)C(C(=O)C=[N+]=[N-])c1ccccc1. The molecule has 2 aromatic rings. The van der Waals surface area contributed by atoms with Gasteiger partial charge in [0.2, 0.25) is 5.78 Å². The maximum Gasteiger partial charge on any atom is 0.323 e. The summed E-state index contributed by atoms with van der Waals surface area (Å²) in [6.45, 7) is 1.29. The van der Waals surface area contributed by atoms with Crippen molar-refractivity contribution in [3.63, 3.8) is 0 Å². The van der Waals surface area contributed by atoms with Gasteiger partial charge in [-0.3, -0.25) is 9.59 Å². The average molecular weight is 308 g/mol. The second-order valence-corrected chi connectivity index (χ2v) is 4.98. The summed E-state index contributed by atoms with van der Waals surface area (Å²) in [6.07, 6.45) is 0.0264. The molecule has 0 amide bonds. The van der Waals surface area contributed by atoms with Crippen LogP contribution in [-0.4, -0.2) is 22.8 Å². The van der Waals surface area contributed by atoms with E-state index in [9.17, 15) is 9.59 Å². The number of Topliss-reactive ketones (excluding diaryl/α,β-unsaturated/α-hetero) is 1. The Bertz CT molecular complexity index is 722. The van der Waals surface area contributed by atoms with Crippen molar-refractivity contribution < 1.29 is 19.1 Å². The lowest BCUT2D eigenvalue weighted by molar-refractivity contribution is -0.149. The monoisotopic (exact) mass is 308 g/mol. The Balaban J connectivity index is 2.54. The molecule has 23 heavy (non-hydrogen) atoms. The number of hydrogen-bond acceptors (Lipinski definition) is 3. The van der Waals surface area contributed by atoms with Gasteiger partial charge in [0.05, 0.1) is 5.92 Å². The Morgan fingerprint density at radius 1 is 1.00 bits per heavy atom. The Hall–Kier alpha value is -3.04. The molecule has 0 heterocycles. The van der Waals surface area contributed by atoms with Gasteiger partial charge in [-0.2, -0.15) is 4.79 Å². The third-order valence-electron chi connectivity index (χ3n) is 3.37. The van der Waals surface area contributed by atoms with Gasteiger partial charge in [-0.25, -0.2) is 0 Å². The summed E-state index contributed by atoms with van der Waals surface area (Å²) in [7, 11) is 0. The molecule has 0 fully saturated rings. The van der Waals surface area contributed by atoms with Crippen LogP contribution in [0.15, 0.2) is 60.7 Å². The van der Waals surface area contributed by atoms with E-state index < -0.39 is 23.8 Å². The van der Waals surface area contributed by atoms with Gasteiger partial charge in [-0.1, -0.05) is 60.7 Å². The number of benzene rings is 2. The van der Waals surface area contributed by atoms with E-state index in [1.165, 1.54) is 6.92 Å². The normalized spacial score (nSPS) is 12.6. The van der Waals surface area contributed by atoms with Gasteiger partial charge in [0.15, 0.2) is 0 Å². The van der Waals surface area contributed by atoms with Gasteiger partial charge >= 0.3 is 12.2 Å². The van der Waals surface area contributed by atoms with E-state index in [0.29, 0.717) is 11.1 Å². The van der Waals surface area contributed by atoms with Gasteiger partial charge in [0.1, 0.15) is 6.10 Å². The van der Waals surface area contributed by atoms with Crippen molar-refractivity contribution in [2.24, 2.45) is 0 Å². The molecule has 0 radical (unpaired) electrons. The lowest BCUT2D eigenvalue weighted by atomic mass is 9.86. The van der Waals surface area contributed by atoms with Crippen molar-refractivity contribution >= 4 is 18.0 Å². The molecule has 0 saturated carbocycles. The summed E-state index contributed by atoms with van der Waals surface area (Å²) < 4.78 is 5.42. The van der Waals surface area contributed by atoms with Gasteiger partial charge in [0.25, 0.3) is 0 Å². The van der Waals surface area contributed by atoms with Crippen molar-refractivity contribution in [1.29, 1.82) is 0 Å². The highest BCUT2D eigenvalue weighted by atomic mass is 16.5. The number of carbonyl (C=O) groups is 2. The summed E-state index contributed by atoms with van der Waals surface area (Å²) in [5.74, 6) is -1.74. The van der Waals surface area contributed by atoms with Crippen LogP contribution in [0.25, 0.3) is 5.53 Å². The Labute approximate surface area is 134 Å². The minimum Gasteiger partial charge on any atom is -0.457 e. The smallest absolute Gasteiger partial charge is 0.323 e. The van der Waals surface area contributed by atoms with Crippen LogP contribution in [0.3, 0.4) is 0 Å². The first-order chi connectivity index (χ1) is 11.1. The lowest BCUT2D eigenvalue weighted by Crippen LogP contribution is -2.25. The van der Waals surface area contributed by atoms with Crippen LogP contribution >= 0.6 is 0 Å². The molecule has 2 atom stereocenters. The first kappa shape index (κ1) is 16.3. The molecule has 116 valence electrons. The minimum absolute atomic E-state index is 0.450. The molecule has 0 aliphatic heterocycles. The number of ketones is 1. The molecule has 0 aliphatic rings. The summed E-state index contributed by atoms with van der Waals surface area (Å²) in [5, 5.41) is 0. The first-order valence-electron chi connectivity index (χ1n) is 7.12. The second-order valence-electron chi connectivity index (χ2n) is 4.98. The third kappa shape index (κ3) is 4.22. The van der Waals surface area contributed by atoms with Crippen LogP contribution in [-0.2, 0) is 14.3 Å². The van der Waals surface area contributed by atoms with E-state index in [-0.39, 0.29) is 0 Å². The predicted octanol–water partition coefficient (Wildman–Crippen LogP) is 2.94. The average Bonchev–Trinajstić information content (AvgIpc) is 2.56. The highest BCUT2D eigenvalue weighted by Crippen LogP contribution is 2.34. The van der Waals surface area contributed by atoms with Crippen LogP contribution in [0.2, 0.25) is 0 Å². The first-order valence-corrected chi connectivity index (χ1v) is 7.12. The number of nitrogens with zero attached hydrogens (tertiary/aromatic N) is 2. The number of esters is 1. The Kier molecular flexibility index (Phi) is 5.56. The number of rotatable bonds is 6. The summed E-state index contributed by atoms with van der Waals surface area (Å²) in [4.78, 5) is 26.8. The van der Waals surface area contributed by atoms with Crippen LogP contribution in [0.4, 0.5) is 0 Å². The zero-order chi connectivity index (χ0) is 16.7. The molecule has 2 unspecified atom stereocenters. The van der Waals surface area contributed by atoms with Crippen LogP contribution in [0.1, 0.15) is 30.1 Å². The zero-order valence-corrected chi connectivity index (χ0v) is 12.6. The van der Waals surface area contributed by atoms with Gasteiger partial charge in [-0.15, -0.1) is 0 Å². The Morgan fingerprint density at radius 2 is 1.52 bits per heavy atom. The Morgan fingerprint density at radius 3 is 2.00 bits per heavy atom. The molecule has 2 rings (SSSR count). The maximum atomic E-state index is 12.4. The van der Waals surface area contributed by atoms with Crippen molar-refractivity contribution in [2.45, 2.75) is 18.9 Å². The van der Waals surface area contributed by atoms with Crippen molar-refractivity contribution in [1.82, 2.24) is 0 Å². The summed E-state index contributed by atoms with van der Waals surface area (Å²) in [6, 6.07) is 18.0. The quantitative estimate of drug-likeness (QED) is 0.356. The number of ether oxygens (including phenoxy) is 1. The minimum atomic E-state index is -0.804. The van der Waals surface area contributed by atoms with Crippen LogP contribution in [0, 0.1) is 0 Å². The molecule has 0 saturated heterocycles. The second kappa shape index (κ2) is 7.82. The molecule has 0 aliphatic carbocycles. The number of hydrogen-bond donors (Lipinski definition) is 0. The van der Waals surface area contributed by atoms with Crippen LogP contribution < -0.4 is 0 Å². The molecular weight excluding hydrogens is 292 g/mol. The fourth-order valence-electron chi connectivity index (χ4n) is 2.44. The summed E-state index contributed by atoms with van der Waals surface area (Å²) in [5.41, 5.74) is 10.1. The zero-order valence-electron chi connectivity index (χ0n) is 12.6. The molecule has 5 heteroatoms. The van der Waals surface area contributed by atoms with Gasteiger partial charge in [0, 0.05) is 6.92 Å². The van der Waals surface area contributed by atoms with Crippen molar-refractivity contribution in [3.8, 4) is 0 Å². The molecule has 0 N–H and O–H groups in total. The van der Waals surface area contributed by atoms with E-state index >= 15 is 0 Å². The molecule has 0 spiro atoms. The molecular formula is C18H16N2O3. The van der Waals surface area contributed by atoms with Crippen molar-refractivity contribution in [3.05, 3.63) is 77.3 Å². The lowest BCUT2D eigenvalue weighted by Gasteiger charge is -2.24. The third-order valence-corrected chi connectivity index (χ3v) is 3.37. The van der Waals surface area contributed by atoms with E-state index in [2.05, 4.69) is 4.79 Å². The largest absolute Gasteiger partial charge is 0.457 e. The standard InChI is InChI=1S/C18H16N2O3/c1-13(21)23-18(15-10-6-3-7-11-15)17(16(22)12-20-19)14-8-4-2-5-9-14/h2-12,17-18H,1H3. The fourth-order valence-corrected chi connectivity index (χ4v) is 2.44. The topological polar surface area (TPSA) is 79.8 Å². The highest BCUT2D eigenvalue weighted by Gasteiger charge is 2.34. The maximum absolute atomic E-state index is 12.4. The van der Waals surface area contributed by atoms with Crippen molar-refractivity contribution in [2.75, 3.05) is 0 Å². The highest BCUT2D eigenvalue weighted by molar-refractivity contribution is 6.28. The molecule has 0 aromatic heterocycles. The van der Waals surface area contributed by atoms with E-state index in [1.54, 1.807) is 48.5 Å². The number of carbonyl (C=O) groups excluding carboxylic acids is 2. The van der Waals surface area contributed by atoms with E-state index in [0.717, 1.165) is 6.21 Å². The van der Waals surface area contributed by atoms with Crippen LogP contribution in [0.5, 0.6) is 0 Å². The molecule has 5 nitrogen and oxygen atoms in total. The van der Waals surface area contributed by atoms with Gasteiger partial charge in [-0.05, 0) is 11.1 Å². The molecule has 2 aromatic carbocycles.